The van der Waals surface area contributed by atoms with E-state index in [-0.39, 0.29) is 5.92 Å². The Morgan fingerprint density at radius 3 is 3.00 bits per heavy atom. The molecule has 1 aromatic heterocycles. The number of hydrogen-bond acceptors (Lipinski definition) is 3. The molecule has 1 aliphatic rings. The maximum absolute atomic E-state index is 12.1. The molecule has 0 aromatic carbocycles. The minimum atomic E-state index is 0.250. The second-order valence-electron chi connectivity index (χ2n) is 4.91. The van der Waals surface area contributed by atoms with E-state index in [0.717, 1.165) is 18.7 Å². The summed E-state index contributed by atoms with van der Waals surface area (Å²) in [6, 6.07) is 0. The van der Waals surface area contributed by atoms with E-state index in [1.165, 1.54) is 19.2 Å². The highest BCUT2D eigenvalue weighted by molar-refractivity contribution is 5.82. The Kier molecular flexibility index (Phi) is 3.36. The van der Waals surface area contributed by atoms with Crippen LogP contribution in [0.15, 0.2) is 6.33 Å². The van der Waals surface area contributed by atoms with E-state index in [1.54, 1.807) is 4.68 Å². The quantitative estimate of drug-likeness (QED) is 0.781. The molecule has 0 N–H and O–H groups in total. The van der Waals surface area contributed by atoms with Crippen molar-refractivity contribution < 1.29 is 4.79 Å². The number of carbonyl (C=O) groups excluding carboxylic acids is 1. The minimum absolute atomic E-state index is 0.250. The lowest BCUT2D eigenvalue weighted by molar-refractivity contribution is -0.123. The van der Waals surface area contributed by atoms with E-state index in [9.17, 15) is 4.79 Å². The van der Waals surface area contributed by atoms with Gasteiger partial charge in [-0.05, 0) is 18.8 Å². The molecule has 0 spiro atoms. The van der Waals surface area contributed by atoms with E-state index < -0.39 is 0 Å². The summed E-state index contributed by atoms with van der Waals surface area (Å²) in [5.74, 6) is 2.06. The van der Waals surface area contributed by atoms with Gasteiger partial charge in [0, 0.05) is 13.0 Å². The van der Waals surface area contributed by atoms with Crippen LogP contribution in [0.2, 0.25) is 0 Å². The summed E-state index contributed by atoms with van der Waals surface area (Å²) in [7, 11) is 1.83. The predicted molar refractivity (Wildman–Crippen MR) is 60.8 cm³/mol. The van der Waals surface area contributed by atoms with E-state index >= 15 is 0 Å². The zero-order valence-electron chi connectivity index (χ0n) is 10.0. The second kappa shape index (κ2) is 4.76. The number of rotatable bonds is 3. The van der Waals surface area contributed by atoms with Crippen LogP contribution in [0.4, 0.5) is 0 Å². The molecule has 1 saturated carbocycles. The molecule has 0 saturated heterocycles. The first-order valence-electron chi connectivity index (χ1n) is 6.02. The summed E-state index contributed by atoms with van der Waals surface area (Å²) in [4.78, 5) is 16.2. The molecule has 0 radical (unpaired) electrons. The van der Waals surface area contributed by atoms with Crippen LogP contribution < -0.4 is 0 Å². The number of aromatic nitrogens is 3. The Morgan fingerprint density at radius 2 is 2.38 bits per heavy atom. The highest BCUT2D eigenvalue weighted by Crippen LogP contribution is 2.29. The summed E-state index contributed by atoms with van der Waals surface area (Å²) < 4.78 is 1.68. The SMILES string of the molecule is CC1CCCC(C(=O)Cc2ncnn2C)C1. The van der Waals surface area contributed by atoms with E-state index in [1.807, 2.05) is 7.05 Å². The first kappa shape index (κ1) is 11.3. The molecule has 1 heterocycles. The molecule has 4 heteroatoms. The highest BCUT2D eigenvalue weighted by Gasteiger charge is 2.25. The van der Waals surface area contributed by atoms with Crippen molar-refractivity contribution >= 4 is 5.78 Å². The third kappa shape index (κ3) is 2.49. The van der Waals surface area contributed by atoms with Crippen LogP contribution >= 0.6 is 0 Å². The Morgan fingerprint density at radius 1 is 1.56 bits per heavy atom. The fourth-order valence-corrected chi connectivity index (χ4v) is 2.51. The predicted octanol–water partition coefficient (Wildman–Crippen LogP) is 1.75. The average Bonchev–Trinajstić information content (AvgIpc) is 2.64. The van der Waals surface area contributed by atoms with Crippen molar-refractivity contribution in [2.24, 2.45) is 18.9 Å². The fourth-order valence-electron chi connectivity index (χ4n) is 2.51. The number of aryl methyl sites for hydroxylation is 1. The highest BCUT2D eigenvalue weighted by atomic mass is 16.1. The van der Waals surface area contributed by atoms with Gasteiger partial charge in [-0.15, -0.1) is 0 Å². The van der Waals surface area contributed by atoms with Gasteiger partial charge in [0.2, 0.25) is 0 Å². The van der Waals surface area contributed by atoms with E-state index in [4.69, 9.17) is 0 Å². The molecule has 0 aliphatic heterocycles. The largest absolute Gasteiger partial charge is 0.299 e. The van der Waals surface area contributed by atoms with Crippen LogP contribution in [0, 0.1) is 11.8 Å². The van der Waals surface area contributed by atoms with E-state index in [2.05, 4.69) is 17.0 Å². The third-order valence-corrected chi connectivity index (χ3v) is 3.53. The van der Waals surface area contributed by atoms with Crippen molar-refractivity contribution in [3.05, 3.63) is 12.2 Å². The fraction of sp³-hybridized carbons (Fsp3) is 0.750. The Bertz CT molecular complexity index is 372. The number of nitrogens with zero attached hydrogens (tertiary/aromatic N) is 3. The average molecular weight is 221 g/mol. The van der Waals surface area contributed by atoms with Gasteiger partial charge in [0.15, 0.2) is 0 Å². The summed E-state index contributed by atoms with van der Waals surface area (Å²) in [6.07, 6.45) is 6.52. The molecule has 16 heavy (non-hydrogen) atoms. The van der Waals surface area contributed by atoms with Gasteiger partial charge in [-0.2, -0.15) is 5.10 Å². The lowest BCUT2D eigenvalue weighted by atomic mass is 9.79. The van der Waals surface area contributed by atoms with Crippen LogP contribution in [0.5, 0.6) is 0 Å². The zero-order valence-corrected chi connectivity index (χ0v) is 10.0. The van der Waals surface area contributed by atoms with Crippen molar-refractivity contribution in [1.82, 2.24) is 14.8 Å². The van der Waals surface area contributed by atoms with Crippen molar-refractivity contribution in [2.45, 2.75) is 39.0 Å². The van der Waals surface area contributed by atoms with Gasteiger partial charge in [0.25, 0.3) is 0 Å². The summed E-state index contributed by atoms with van der Waals surface area (Å²) in [5.41, 5.74) is 0. The van der Waals surface area contributed by atoms with Gasteiger partial charge in [0.1, 0.15) is 17.9 Å². The van der Waals surface area contributed by atoms with Crippen LogP contribution in [0.3, 0.4) is 0 Å². The van der Waals surface area contributed by atoms with Gasteiger partial charge in [-0.3, -0.25) is 9.48 Å². The van der Waals surface area contributed by atoms with Crippen LogP contribution in [-0.4, -0.2) is 20.5 Å². The third-order valence-electron chi connectivity index (χ3n) is 3.53. The molecule has 1 aromatic rings. The molecule has 0 amide bonds. The van der Waals surface area contributed by atoms with Gasteiger partial charge < -0.3 is 0 Å². The number of ketones is 1. The Hall–Kier alpha value is -1.19. The minimum Gasteiger partial charge on any atom is -0.299 e. The van der Waals surface area contributed by atoms with Gasteiger partial charge in [0.05, 0.1) is 6.42 Å². The number of hydrogen-bond donors (Lipinski definition) is 0. The maximum atomic E-state index is 12.1. The van der Waals surface area contributed by atoms with Crippen LogP contribution in [0.25, 0.3) is 0 Å². The number of Topliss-reactive ketones (excluding diaryl/α,β-unsaturated/α-hetero) is 1. The van der Waals surface area contributed by atoms with Crippen molar-refractivity contribution in [1.29, 1.82) is 0 Å². The topological polar surface area (TPSA) is 47.8 Å². The summed E-state index contributed by atoms with van der Waals surface area (Å²) in [5, 5.41) is 3.98. The normalized spacial score (nSPS) is 25.6. The second-order valence-corrected chi connectivity index (χ2v) is 4.91. The van der Waals surface area contributed by atoms with Gasteiger partial charge >= 0.3 is 0 Å². The first-order chi connectivity index (χ1) is 7.66. The lowest BCUT2D eigenvalue weighted by Crippen LogP contribution is -2.24. The molecular formula is C12H19N3O. The Balaban J connectivity index is 1.95. The number of carbonyl (C=O) groups is 1. The monoisotopic (exact) mass is 221 g/mol. The standard InChI is InChI=1S/C12H19N3O/c1-9-4-3-5-10(6-9)11(16)7-12-13-8-14-15(12)2/h8-10H,3-7H2,1-2H3. The maximum Gasteiger partial charge on any atom is 0.143 e. The molecule has 1 aliphatic carbocycles. The summed E-state index contributed by atoms with van der Waals surface area (Å²) in [6.45, 7) is 2.24. The molecular weight excluding hydrogens is 202 g/mol. The van der Waals surface area contributed by atoms with E-state index in [0.29, 0.717) is 18.1 Å². The van der Waals surface area contributed by atoms with Crippen LogP contribution in [-0.2, 0) is 18.3 Å². The lowest BCUT2D eigenvalue weighted by Gasteiger charge is -2.25. The molecule has 2 rings (SSSR count). The molecule has 1 fully saturated rings. The molecule has 4 nitrogen and oxygen atoms in total. The van der Waals surface area contributed by atoms with Gasteiger partial charge in [-0.25, -0.2) is 4.98 Å². The van der Waals surface area contributed by atoms with Crippen molar-refractivity contribution in [3.8, 4) is 0 Å². The molecule has 2 atom stereocenters. The molecule has 88 valence electrons. The molecule has 0 bridgehead atoms. The smallest absolute Gasteiger partial charge is 0.143 e. The van der Waals surface area contributed by atoms with Crippen molar-refractivity contribution in [3.63, 3.8) is 0 Å². The molecule has 2 unspecified atom stereocenters. The first-order valence-corrected chi connectivity index (χ1v) is 6.02. The Labute approximate surface area is 96.1 Å². The summed E-state index contributed by atoms with van der Waals surface area (Å²) >= 11 is 0. The van der Waals surface area contributed by atoms with Gasteiger partial charge in [-0.1, -0.05) is 19.8 Å². The van der Waals surface area contributed by atoms with Crippen molar-refractivity contribution in [2.75, 3.05) is 0 Å². The van der Waals surface area contributed by atoms with Crippen LogP contribution in [0.1, 0.15) is 38.4 Å². The zero-order chi connectivity index (χ0) is 11.5.